The van der Waals surface area contributed by atoms with Gasteiger partial charge in [0, 0.05) is 10.8 Å². The summed E-state index contributed by atoms with van der Waals surface area (Å²) in [6.45, 7) is 9.54. The highest BCUT2D eigenvalue weighted by Gasteiger charge is 2.40. The fraction of sp³-hybridized carbons (Fsp3) is 0.707. The SMILES string of the molecule is CCCCCCCCCCCCCC[C@@H](OCc1ccccc1)[C@@H](OCc1ccccc1)[C@H](CO[C@H]1OC(CO)[C@H](C)[C@H](C)C1C)N=[N+]=[N-]. The molecular formula is C41H65N3O5. The Morgan fingerprint density at radius 3 is 1.80 bits per heavy atom. The summed E-state index contributed by atoms with van der Waals surface area (Å²) in [6, 6.07) is 19.6. The molecule has 1 heterocycles. The van der Waals surface area contributed by atoms with E-state index in [0.29, 0.717) is 19.1 Å². The van der Waals surface area contributed by atoms with Crippen LogP contribution < -0.4 is 0 Å². The summed E-state index contributed by atoms with van der Waals surface area (Å²) in [6.07, 6.45) is 14.5. The summed E-state index contributed by atoms with van der Waals surface area (Å²) >= 11 is 0. The third-order valence-electron chi connectivity index (χ3n) is 10.5. The summed E-state index contributed by atoms with van der Waals surface area (Å²) in [5.41, 5.74) is 11.9. The first-order valence-electron chi connectivity index (χ1n) is 19.2. The molecule has 2 aromatic carbocycles. The molecule has 1 N–H and O–H groups in total. The monoisotopic (exact) mass is 679 g/mol. The number of aliphatic hydroxyl groups is 1. The Balaban J connectivity index is 1.69. The number of ether oxygens (including phenoxy) is 4. The molecule has 49 heavy (non-hydrogen) atoms. The minimum Gasteiger partial charge on any atom is -0.394 e. The van der Waals surface area contributed by atoms with E-state index in [1.165, 1.54) is 64.2 Å². The van der Waals surface area contributed by atoms with Crippen LogP contribution in [-0.4, -0.2) is 49.0 Å². The van der Waals surface area contributed by atoms with Gasteiger partial charge in [0.1, 0.15) is 0 Å². The maximum Gasteiger partial charge on any atom is 0.160 e. The molecule has 0 spiro atoms. The zero-order valence-electron chi connectivity index (χ0n) is 30.8. The molecule has 274 valence electrons. The van der Waals surface area contributed by atoms with E-state index in [1.807, 2.05) is 48.5 Å². The van der Waals surface area contributed by atoms with Crippen molar-refractivity contribution in [2.45, 2.75) is 155 Å². The fourth-order valence-corrected chi connectivity index (χ4v) is 6.88. The lowest BCUT2D eigenvalue weighted by molar-refractivity contribution is -0.258. The van der Waals surface area contributed by atoms with Gasteiger partial charge in [0.25, 0.3) is 0 Å². The van der Waals surface area contributed by atoms with E-state index >= 15 is 0 Å². The number of unbranched alkanes of at least 4 members (excludes halogenated alkanes) is 11. The molecule has 0 amide bonds. The summed E-state index contributed by atoms with van der Waals surface area (Å²) < 4.78 is 25.9. The lowest BCUT2D eigenvalue weighted by Gasteiger charge is -2.43. The molecule has 0 aromatic heterocycles. The van der Waals surface area contributed by atoms with Gasteiger partial charge in [-0.25, -0.2) is 0 Å². The van der Waals surface area contributed by atoms with Crippen molar-refractivity contribution in [3.8, 4) is 0 Å². The van der Waals surface area contributed by atoms with Gasteiger partial charge in [-0.05, 0) is 34.9 Å². The van der Waals surface area contributed by atoms with Crippen molar-refractivity contribution in [3.63, 3.8) is 0 Å². The van der Waals surface area contributed by atoms with E-state index in [-0.39, 0.29) is 37.3 Å². The zero-order chi connectivity index (χ0) is 35.1. The quantitative estimate of drug-likeness (QED) is 0.0461. The highest BCUT2D eigenvalue weighted by Crippen LogP contribution is 2.35. The Labute approximate surface area is 296 Å². The first-order valence-corrected chi connectivity index (χ1v) is 19.2. The Kier molecular flexibility index (Phi) is 20.6. The second-order valence-electron chi connectivity index (χ2n) is 14.2. The normalized spacial score (nSPS) is 22.7. The van der Waals surface area contributed by atoms with Gasteiger partial charge in [-0.15, -0.1) is 0 Å². The van der Waals surface area contributed by atoms with Gasteiger partial charge in [0.15, 0.2) is 6.29 Å². The number of rotatable bonds is 26. The van der Waals surface area contributed by atoms with Gasteiger partial charge in [-0.2, -0.15) is 0 Å². The predicted molar refractivity (Wildman–Crippen MR) is 198 cm³/mol. The molecule has 2 unspecified atom stereocenters. The number of nitrogens with zero attached hydrogens (tertiary/aromatic N) is 3. The van der Waals surface area contributed by atoms with E-state index in [2.05, 4.69) is 49.9 Å². The second-order valence-corrected chi connectivity index (χ2v) is 14.2. The first kappa shape index (κ1) is 41.0. The summed E-state index contributed by atoms with van der Waals surface area (Å²) in [4.78, 5) is 3.25. The van der Waals surface area contributed by atoms with Gasteiger partial charge >= 0.3 is 0 Å². The van der Waals surface area contributed by atoms with Crippen molar-refractivity contribution in [1.29, 1.82) is 0 Å². The van der Waals surface area contributed by atoms with Crippen LogP contribution in [0.15, 0.2) is 65.8 Å². The number of hydrogen-bond acceptors (Lipinski definition) is 6. The van der Waals surface area contributed by atoms with Gasteiger partial charge in [0.2, 0.25) is 0 Å². The van der Waals surface area contributed by atoms with Crippen molar-refractivity contribution >= 4 is 0 Å². The molecule has 1 saturated heterocycles. The molecule has 3 rings (SSSR count). The number of benzene rings is 2. The van der Waals surface area contributed by atoms with Gasteiger partial charge in [0.05, 0.1) is 50.8 Å². The van der Waals surface area contributed by atoms with Gasteiger partial charge < -0.3 is 24.1 Å². The summed E-state index contributed by atoms with van der Waals surface area (Å²) in [5.74, 6) is 0.618. The van der Waals surface area contributed by atoms with Crippen LogP contribution >= 0.6 is 0 Å². The van der Waals surface area contributed by atoms with Crippen molar-refractivity contribution in [2.24, 2.45) is 22.9 Å². The Morgan fingerprint density at radius 1 is 0.735 bits per heavy atom. The predicted octanol–water partition coefficient (Wildman–Crippen LogP) is 10.6. The minimum absolute atomic E-state index is 0.0604. The third-order valence-corrected chi connectivity index (χ3v) is 10.5. The topological polar surface area (TPSA) is 106 Å². The van der Waals surface area contributed by atoms with Crippen LogP contribution in [0.3, 0.4) is 0 Å². The molecule has 1 aliphatic heterocycles. The highest BCUT2D eigenvalue weighted by molar-refractivity contribution is 5.14. The zero-order valence-corrected chi connectivity index (χ0v) is 30.8. The summed E-state index contributed by atoms with van der Waals surface area (Å²) in [5, 5.41) is 14.2. The highest BCUT2D eigenvalue weighted by atomic mass is 16.7. The fourth-order valence-electron chi connectivity index (χ4n) is 6.88. The number of aliphatic hydroxyl groups excluding tert-OH is 1. The molecule has 0 aliphatic carbocycles. The lowest BCUT2D eigenvalue weighted by Crippen LogP contribution is -2.49. The molecule has 1 fully saturated rings. The van der Waals surface area contributed by atoms with Crippen LogP contribution in [0.2, 0.25) is 0 Å². The average Bonchev–Trinajstić information content (AvgIpc) is 3.13. The molecule has 0 radical (unpaired) electrons. The van der Waals surface area contributed by atoms with E-state index in [9.17, 15) is 10.6 Å². The Morgan fingerprint density at radius 2 is 1.27 bits per heavy atom. The van der Waals surface area contributed by atoms with Crippen LogP contribution in [0.25, 0.3) is 10.4 Å². The van der Waals surface area contributed by atoms with Crippen molar-refractivity contribution < 1.29 is 24.1 Å². The average molecular weight is 680 g/mol. The van der Waals surface area contributed by atoms with E-state index in [4.69, 9.17) is 18.9 Å². The first-order chi connectivity index (χ1) is 24.0. The molecule has 2 aromatic rings. The molecule has 0 saturated carbocycles. The molecule has 8 heteroatoms. The van der Waals surface area contributed by atoms with Crippen LogP contribution in [0.5, 0.6) is 0 Å². The lowest BCUT2D eigenvalue weighted by atomic mass is 9.79. The van der Waals surface area contributed by atoms with E-state index in [1.54, 1.807) is 0 Å². The van der Waals surface area contributed by atoms with Gasteiger partial charge in [-0.3, -0.25) is 0 Å². The van der Waals surface area contributed by atoms with Crippen molar-refractivity contribution in [3.05, 3.63) is 82.2 Å². The Hall–Kier alpha value is -2.45. The molecule has 1 aliphatic rings. The second kappa shape index (κ2) is 24.7. The van der Waals surface area contributed by atoms with E-state index < -0.39 is 18.4 Å². The van der Waals surface area contributed by atoms with Crippen LogP contribution in [0.4, 0.5) is 0 Å². The molecule has 0 bridgehead atoms. The van der Waals surface area contributed by atoms with Crippen molar-refractivity contribution in [2.75, 3.05) is 13.2 Å². The van der Waals surface area contributed by atoms with Crippen LogP contribution in [-0.2, 0) is 32.2 Å². The summed E-state index contributed by atoms with van der Waals surface area (Å²) in [7, 11) is 0. The molecule has 8 nitrogen and oxygen atoms in total. The third kappa shape index (κ3) is 15.1. The maximum atomic E-state index is 9.96. The number of azide groups is 1. The Bertz CT molecular complexity index is 1150. The maximum absolute atomic E-state index is 9.96. The standard InChI is InChI=1S/C41H65N3O5/c1-5-6-7-8-9-10-11-12-13-14-15-22-27-38(46-29-35-23-18-16-19-24-35)40(47-30-36-25-20-17-21-26-36)37(43-44-42)31-48-41-34(4)32(2)33(3)39(28-45)49-41/h16-21,23-26,32-34,37-41,45H,5-15,22,27-31H2,1-4H3/t32-,33+,34?,37-,38+,39?,40-,41-/m0/s1. The van der Waals surface area contributed by atoms with Gasteiger partial charge in [-0.1, -0.05) is 171 Å². The van der Waals surface area contributed by atoms with Crippen molar-refractivity contribution in [1.82, 2.24) is 0 Å². The van der Waals surface area contributed by atoms with Crippen LogP contribution in [0, 0.1) is 17.8 Å². The largest absolute Gasteiger partial charge is 0.394 e. The minimum atomic E-state index is -0.634. The molecule has 8 atom stereocenters. The smallest absolute Gasteiger partial charge is 0.160 e. The number of hydrogen-bond donors (Lipinski definition) is 1. The van der Waals surface area contributed by atoms with E-state index in [0.717, 1.165) is 30.4 Å². The molecular weight excluding hydrogens is 614 g/mol. The van der Waals surface area contributed by atoms with Crippen LogP contribution in [0.1, 0.15) is 122 Å².